The molecule has 0 amide bonds. The molecule has 0 spiro atoms. The Balaban J connectivity index is 2.07. The number of nitrogens with zero attached hydrogens (tertiary/aromatic N) is 2. The van der Waals surface area contributed by atoms with E-state index in [9.17, 15) is 0 Å². The summed E-state index contributed by atoms with van der Waals surface area (Å²) in [7, 11) is 0. The van der Waals surface area contributed by atoms with Crippen LogP contribution in [-0.2, 0) is 6.42 Å². The van der Waals surface area contributed by atoms with Crippen molar-refractivity contribution in [3.05, 3.63) is 35.9 Å². The van der Waals surface area contributed by atoms with Gasteiger partial charge in [-0.1, -0.05) is 30.3 Å². The van der Waals surface area contributed by atoms with E-state index in [-0.39, 0.29) is 0 Å². The van der Waals surface area contributed by atoms with E-state index in [1.165, 1.54) is 5.56 Å². The van der Waals surface area contributed by atoms with Gasteiger partial charge in [-0.15, -0.1) is 0 Å². The van der Waals surface area contributed by atoms with Gasteiger partial charge in [0.15, 0.2) is 5.96 Å². The van der Waals surface area contributed by atoms with Crippen molar-refractivity contribution < 1.29 is 0 Å². The molecule has 1 atom stereocenters. The van der Waals surface area contributed by atoms with Crippen LogP contribution in [0.15, 0.2) is 35.3 Å². The summed E-state index contributed by atoms with van der Waals surface area (Å²) in [6, 6.07) is 11.4. The van der Waals surface area contributed by atoms with E-state index in [0.29, 0.717) is 18.0 Å². The first-order valence-corrected chi connectivity index (χ1v) is 5.80. The summed E-state index contributed by atoms with van der Waals surface area (Å²) in [5.74, 6) is 0.691. The van der Waals surface area contributed by atoms with Crippen molar-refractivity contribution in [2.24, 2.45) is 10.7 Å². The second-order valence-corrected chi connectivity index (χ2v) is 4.54. The molecule has 3 nitrogen and oxygen atoms in total. The maximum Gasteiger partial charge on any atom is 0.191 e. The van der Waals surface area contributed by atoms with E-state index in [0.717, 1.165) is 13.0 Å². The normalized spacial score (nSPS) is 20.3. The number of hydrogen-bond acceptors (Lipinski definition) is 3. The summed E-state index contributed by atoms with van der Waals surface area (Å²) in [6.45, 7) is 5.14. The van der Waals surface area contributed by atoms with Gasteiger partial charge in [0.05, 0.1) is 12.6 Å². The topological polar surface area (TPSA) is 41.6 Å². The molecule has 1 aliphatic heterocycles. The SMILES string of the molecule is CC(C)N1C(N)=NCC1Cc1ccccc1. The number of hydrogen-bond donors (Lipinski definition) is 1. The molecule has 1 aromatic rings. The highest BCUT2D eigenvalue weighted by Gasteiger charge is 2.27. The predicted octanol–water partition coefficient (Wildman–Crippen LogP) is 1.64. The molecule has 0 saturated heterocycles. The fourth-order valence-electron chi connectivity index (χ4n) is 2.29. The molecule has 16 heavy (non-hydrogen) atoms. The first kappa shape index (κ1) is 11.0. The maximum atomic E-state index is 5.90. The van der Waals surface area contributed by atoms with E-state index in [1.807, 2.05) is 6.07 Å². The van der Waals surface area contributed by atoms with Crippen molar-refractivity contribution in [3.8, 4) is 0 Å². The average Bonchev–Trinajstić information content (AvgIpc) is 2.61. The van der Waals surface area contributed by atoms with E-state index in [2.05, 4.69) is 48.0 Å². The second kappa shape index (κ2) is 4.56. The van der Waals surface area contributed by atoms with E-state index in [4.69, 9.17) is 5.73 Å². The lowest BCUT2D eigenvalue weighted by Crippen LogP contribution is -2.46. The van der Waals surface area contributed by atoms with Crippen LogP contribution < -0.4 is 5.73 Å². The highest BCUT2D eigenvalue weighted by atomic mass is 15.3. The van der Waals surface area contributed by atoms with Crippen molar-refractivity contribution in [1.82, 2.24) is 4.90 Å². The number of rotatable bonds is 3. The Bertz CT molecular complexity index is 370. The van der Waals surface area contributed by atoms with Gasteiger partial charge in [0, 0.05) is 6.04 Å². The zero-order chi connectivity index (χ0) is 11.5. The van der Waals surface area contributed by atoms with Gasteiger partial charge >= 0.3 is 0 Å². The molecule has 1 aliphatic rings. The predicted molar refractivity (Wildman–Crippen MR) is 67.4 cm³/mol. The number of aliphatic imine (C=N–C) groups is 1. The summed E-state index contributed by atoms with van der Waals surface area (Å²) in [5, 5.41) is 0. The number of guanidine groups is 1. The average molecular weight is 217 g/mol. The summed E-state index contributed by atoms with van der Waals surface area (Å²) in [6.07, 6.45) is 1.02. The van der Waals surface area contributed by atoms with Crippen molar-refractivity contribution in [3.63, 3.8) is 0 Å². The molecule has 3 heteroatoms. The van der Waals surface area contributed by atoms with Crippen molar-refractivity contribution in [1.29, 1.82) is 0 Å². The van der Waals surface area contributed by atoms with Crippen LogP contribution in [0.3, 0.4) is 0 Å². The van der Waals surface area contributed by atoms with Crippen molar-refractivity contribution >= 4 is 5.96 Å². The Morgan fingerprint density at radius 3 is 2.69 bits per heavy atom. The minimum atomic E-state index is 0.417. The monoisotopic (exact) mass is 217 g/mol. The third kappa shape index (κ3) is 2.18. The highest BCUT2D eigenvalue weighted by Crippen LogP contribution is 2.16. The molecule has 1 unspecified atom stereocenters. The minimum absolute atomic E-state index is 0.417. The lowest BCUT2D eigenvalue weighted by Gasteiger charge is -2.30. The molecule has 0 fully saturated rings. The summed E-state index contributed by atoms with van der Waals surface area (Å²) >= 11 is 0. The van der Waals surface area contributed by atoms with Crippen LogP contribution in [0, 0.1) is 0 Å². The summed E-state index contributed by atoms with van der Waals surface area (Å²) in [4.78, 5) is 6.55. The van der Waals surface area contributed by atoms with Gasteiger partial charge in [-0.25, -0.2) is 0 Å². The van der Waals surface area contributed by atoms with Crippen molar-refractivity contribution in [2.45, 2.75) is 32.4 Å². The Kier molecular flexibility index (Phi) is 3.13. The molecule has 1 heterocycles. The molecule has 2 N–H and O–H groups in total. The first-order chi connectivity index (χ1) is 7.68. The van der Waals surface area contributed by atoms with Crippen LogP contribution in [0.2, 0.25) is 0 Å². The maximum absolute atomic E-state index is 5.90. The van der Waals surface area contributed by atoms with Crippen LogP contribution >= 0.6 is 0 Å². The molecule has 2 rings (SSSR count). The lowest BCUT2D eigenvalue weighted by atomic mass is 10.0. The minimum Gasteiger partial charge on any atom is -0.370 e. The number of nitrogens with two attached hydrogens (primary N) is 1. The Hall–Kier alpha value is -1.51. The van der Waals surface area contributed by atoms with E-state index < -0.39 is 0 Å². The third-order valence-corrected chi connectivity index (χ3v) is 2.99. The van der Waals surface area contributed by atoms with E-state index in [1.54, 1.807) is 0 Å². The van der Waals surface area contributed by atoms with Crippen LogP contribution in [0.5, 0.6) is 0 Å². The summed E-state index contributed by atoms with van der Waals surface area (Å²) < 4.78 is 0. The smallest absolute Gasteiger partial charge is 0.191 e. The van der Waals surface area contributed by atoms with Crippen LogP contribution in [0.4, 0.5) is 0 Å². The fraction of sp³-hybridized carbons (Fsp3) is 0.462. The van der Waals surface area contributed by atoms with Gasteiger partial charge in [0.2, 0.25) is 0 Å². The molecule has 0 saturated carbocycles. The van der Waals surface area contributed by atoms with Crippen LogP contribution in [0.1, 0.15) is 19.4 Å². The molecule has 86 valence electrons. The lowest BCUT2D eigenvalue weighted by molar-refractivity contribution is 0.284. The standard InChI is InChI=1S/C13H19N3/c1-10(2)16-12(9-15-13(16)14)8-11-6-4-3-5-7-11/h3-7,10,12H,8-9H2,1-2H3,(H2,14,15). The molecule has 0 aliphatic carbocycles. The molecule has 1 aromatic carbocycles. The first-order valence-electron chi connectivity index (χ1n) is 5.80. The van der Waals surface area contributed by atoms with Crippen LogP contribution in [0.25, 0.3) is 0 Å². The summed E-state index contributed by atoms with van der Waals surface area (Å²) in [5.41, 5.74) is 7.25. The molecular formula is C13H19N3. The molecule has 0 aromatic heterocycles. The third-order valence-electron chi connectivity index (χ3n) is 2.99. The zero-order valence-corrected chi connectivity index (χ0v) is 9.93. The molecule has 0 radical (unpaired) electrons. The number of benzene rings is 1. The Labute approximate surface area is 97.0 Å². The largest absolute Gasteiger partial charge is 0.370 e. The Morgan fingerprint density at radius 1 is 1.38 bits per heavy atom. The fourth-order valence-corrected chi connectivity index (χ4v) is 2.29. The zero-order valence-electron chi connectivity index (χ0n) is 9.93. The second-order valence-electron chi connectivity index (χ2n) is 4.54. The quantitative estimate of drug-likeness (QED) is 0.836. The van der Waals surface area contributed by atoms with Gasteiger partial charge < -0.3 is 10.6 Å². The molecular weight excluding hydrogens is 198 g/mol. The highest BCUT2D eigenvalue weighted by molar-refractivity contribution is 5.80. The van der Waals surface area contributed by atoms with Gasteiger partial charge in [-0.05, 0) is 25.8 Å². The molecule has 0 bridgehead atoms. The Morgan fingerprint density at radius 2 is 2.06 bits per heavy atom. The van der Waals surface area contributed by atoms with Gasteiger partial charge in [0.1, 0.15) is 0 Å². The van der Waals surface area contributed by atoms with Crippen LogP contribution in [-0.4, -0.2) is 29.5 Å². The van der Waals surface area contributed by atoms with Gasteiger partial charge in [-0.3, -0.25) is 4.99 Å². The van der Waals surface area contributed by atoms with Gasteiger partial charge in [0.25, 0.3) is 0 Å². The van der Waals surface area contributed by atoms with E-state index >= 15 is 0 Å². The van der Waals surface area contributed by atoms with Gasteiger partial charge in [-0.2, -0.15) is 0 Å². The van der Waals surface area contributed by atoms with Crippen molar-refractivity contribution in [2.75, 3.05) is 6.54 Å².